The topological polar surface area (TPSA) is 42.7 Å². The molecule has 23 heavy (non-hydrogen) atoms. The van der Waals surface area contributed by atoms with Gasteiger partial charge in [-0.3, -0.25) is 4.79 Å². The Hall–Kier alpha value is -2.23. The molecule has 1 amide bonds. The molecular formula is C19H23NO3. The molecule has 1 aliphatic heterocycles. The Morgan fingerprint density at radius 2 is 1.91 bits per heavy atom. The minimum absolute atomic E-state index is 0.0131. The number of aryl methyl sites for hydroxylation is 1. The summed E-state index contributed by atoms with van der Waals surface area (Å²) in [5.41, 5.74) is 1.16. The Labute approximate surface area is 137 Å². The van der Waals surface area contributed by atoms with E-state index in [4.69, 9.17) is 9.15 Å². The van der Waals surface area contributed by atoms with E-state index in [1.165, 1.54) is 0 Å². The van der Waals surface area contributed by atoms with Gasteiger partial charge in [0.2, 0.25) is 0 Å². The number of rotatable bonds is 3. The summed E-state index contributed by atoms with van der Waals surface area (Å²) in [6, 6.07) is 11.7. The molecule has 0 bridgehead atoms. The summed E-state index contributed by atoms with van der Waals surface area (Å²) >= 11 is 0. The van der Waals surface area contributed by atoms with Gasteiger partial charge in [-0.15, -0.1) is 0 Å². The molecule has 0 aliphatic carbocycles. The van der Waals surface area contributed by atoms with Crippen molar-refractivity contribution in [3.8, 4) is 5.75 Å². The second kappa shape index (κ2) is 6.90. The molecular weight excluding hydrogens is 290 g/mol. The number of amides is 1. The molecule has 1 saturated heterocycles. The molecule has 1 aromatic heterocycles. The monoisotopic (exact) mass is 313 g/mol. The van der Waals surface area contributed by atoms with Crippen LogP contribution in [-0.2, 0) is 0 Å². The first kappa shape index (κ1) is 15.7. The molecule has 2 heterocycles. The zero-order valence-corrected chi connectivity index (χ0v) is 13.7. The molecule has 1 unspecified atom stereocenters. The lowest BCUT2D eigenvalue weighted by atomic mass is 10.0. The first-order valence-corrected chi connectivity index (χ1v) is 8.20. The smallest absolute Gasteiger partial charge is 0.290 e. The molecule has 1 fully saturated rings. The number of benzene rings is 1. The Bertz CT molecular complexity index is 660. The van der Waals surface area contributed by atoms with Crippen LogP contribution in [0.25, 0.3) is 0 Å². The van der Waals surface area contributed by atoms with E-state index in [0.717, 1.165) is 49.3 Å². The highest BCUT2D eigenvalue weighted by atomic mass is 16.5. The minimum Gasteiger partial charge on any atom is -0.497 e. The quantitative estimate of drug-likeness (QED) is 0.846. The lowest BCUT2D eigenvalue weighted by molar-refractivity contribution is 0.0646. The van der Waals surface area contributed by atoms with E-state index < -0.39 is 0 Å². The number of carbonyl (C=O) groups excluding carboxylic acids is 1. The van der Waals surface area contributed by atoms with Crippen molar-refractivity contribution in [2.75, 3.05) is 13.7 Å². The highest BCUT2D eigenvalue weighted by Gasteiger charge is 2.29. The predicted octanol–water partition coefficient (Wildman–Crippen LogP) is 4.35. The van der Waals surface area contributed by atoms with Gasteiger partial charge in [0.1, 0.15) is 11.5 Å². The van der Waals surface area contributed by atoms with E-state index >= 15 is 0 Å². The van der Waals surface area contributed by atoms with Crippen LogP contribution in [0.3, 0.4) is 0 Å². The maximum atomic E-state index is 12.9. The third-order valence-electron chi connectivity index (χ3n) is 4.47. The third-order valence-corrected chi connectivity index (χ3v) is 4.47. The van der Waals surface area contributed by atoms with Gasteiger partial charge in [0.05, 0.1) is 13.2 Å². The van der Waals surface area contributed by atoms with Crippen LogP contribution >= 0.6 is 0 Å². The van der Waals surface area contributed by atoms with Gasteiger partial charge in [-0.05, 0) is 49.6 Å². The van der Waals surface area contributed by atoms with Crippen molar-refractivity contribution in [2.24, 2.45) is 0 Å². The minimum atomic E-state index is -0.0131. The molecule has 2 aromatic rings. The molecule has 0 spiro atoms. The first-order chi connectivity index (χ1) is 11.2. The fourth-order valence-electron chi connectivity index (χ4n) is 3.22. The Kier molecular flexibility index (Phi) is 4.70. The van der Waals surface area contributed by atoms with E-state index in [2.05, 4.69) is 12.1 Å². The second-order valence-corrected chi connectivity index (χ2v) is 6.05. The fourth-order valence-corrected chi connectivity index (χ4v) is 3.22. The van der Waals surface area contributed by atoms with E-state index in [0.29, 0.717) is 5.76 Å². The van der Waals surface area contributed by atoms with Crippen LogP contribution in [0.15, 0.2) is 40.8 Å². The molecule has 0 N–H and O–H groups in total. The maximum Gasteiger partial charge on any atom is 0.290 e. The normalized spacial score (nSPS) is 18.5. The predicted molar refractivity (Wildman–Crippen MR) is 88.7 cm³/mol. The zero-order valence-electron chi connectivity index (χ0n) is 13.7. The Morgan fingerprint density at radius 3 is 2.57 bits per heavy atom. The fraction of sp³-hybridized carbons (Fsp3) is 0.421. The van der Waals surface area contributed by atoms with Crippen LogP contribution in [0.4, 0.5) is 0 Å². The van der Waals surface area contributed by atoms with Crippen molar-refractivity contribution in [1.82, 2.24) is 4.90 Å². The zero-order chi connectivity index (χ0) is 16.2. The van der Waals surface area contributed by atoms with E-state index in [1.807, 2.05) is 30.0 Å². The van der Waals surface area contributed by atoms with Gasteiger partial charge < -0.3 is 14.1 Å². The van der Waals surface area contributed by atoms with Crippen LogP contribution in [0, 0.1) is 6.92 Å². The van der Waals surface area contributed by atoms with Crippen LogP contribution < -0.4 is 4.74 Å². The van der Waals surface area contributed by atoms with Crippen LogP contribution in [-0.4, -0.2) is 24.5 Å². The molecule has 1 aliphatic rings. The summed E-state index contributed by atoms with van der Waals surface area (Å²) in [5, 5.41) is 0. The first-order valence-electron chi connectivity index (χ1n) is 8.20. The summed E-state index contributed by atoms with van der Waals surface area (Å²) in [4.78, 5) is 14.8. The Balaban J connectivity index is 1.88. The molecule has 1 aromatic carbocycles. The number of furan rings is 1. The van der Waals surface area contributed by atoms with Crippen LogP contribution in [0.1, 0.15) is 53.6 Å². The Morgan fingerprint density at radius 1 is 1.13 bits per heavy atom. The molecule has 3 rings (SSSR count). The maximum absolute atomic E-state index is 12.9. The van der Waals surface area contributed by atoms with E-state index in [9.17, 15) is 4.79 Å². The van der Waals surface area contributed by atoms with Crippen molar-refractivity contribution < 1.29 is 13.9 Å². The lowest BCUT2D eigenvalue weighted by Crippen LogP contribution is -2.34. The van der Waals surface area contributed by atoms with Gasteiger partial charge in [0, 0.05) is 6.54 Å². The van der Waals surface area contributed by atoms with E-state index in [-0.39, 0.29) is 11.9 Å². The second-order valence-electron chi connectivity index (χ2n) is 6.05. The molecule has 4 nitrogen and oxygen atoms in total. The number of hydrogen-bond acceptors (Lipinski definition) is 3. The molecule has 0 saturated carbocycles. The average Bonchev–Trinajstić information content (AvgIpc) is 2.87. The molecule has 4 heteroatoms. The molecule has 122 valence electrons. The summed E-state index contributed by atoms with van der Waals surface area (Å²) in [5.74, 6) is 2.02. The summed E-state index contributed by atoms with van der Waals surface area (Å²) < 4.78 is 10.8. The van der Waals surface area contributed by atoms with Crippen LogP contribution in [0.5, 0.6) is 5.75 Å². The standard InChI is InChI=1S/C19H23NO3/c1-14-7-12-18(23-14)19(21)20-13-5-3-4-6-17(20)15-8-10-16(22-2)11-9-15/h7-12,17H,3-6,13H2,1-2H3. The highest BCUT2D eigenvalue weighted by molar-refractivity contribution is 5.91. The van der Waals surface area contributed by atoms with Gasteiger partial charge >= 0.3 is 0 Å². The lowest BCUT2D eigenvalue weighted by Gasteiger charge is -2.30. The molecule has 1 atom stereocenters. The number of likely N-dealkylation sites (tertiary alicyclic amines) is 1. The third kappa shape index (κ3) is 3.41. The number of hydrogen-bond donors (Lipinski definition) is 0. The van der Waals surface area contributed by atoms with Crippen LogP contribution in [0.2, 0.25) is 0 Å². The number of carbonyl (C=O) groups is 1. The van der Waals surface area contributed by atoms with E-state index in [1.54, 1.807) is 13.2 Å². The molecule has 0 radical (unpaired) electrons. The van der Waals surface area contributed by atoms with Gasteiger partial charge in [-0.2, -0.15) is 0 Å². The van der Waals surface area contributed by atoms with Crippen molar-refractivity contribution in [3.05, 3.63) is 53.5 Å². The number of nitrogens with zero attached hydrogens (tertiary/aromatic N) is 1. The number of methoxy groups -OCH3 is 1. The summed E-state index contributed by atoms with van der Waals surface area (Å²) in [6.45, 7) is 2.63. The van der Waals surface area contributed by atoms with Gasteiger partial charge in [-0.1, -0.05) is 25.0 Å². The average molecular weight is 313 g/mol. The van der Waals surface area contributed by atoms with Gasteiger partial charge in [0.25, 0.3) is 5.91 Å². The van der Waals surface area contributed by atoms with Gasteiger partial charge in [0.15, 0.2) is 5.76 Å². The van der Waals surface area contributed by atoms with Crippen molar-refractivity contribution in [3.63, 3.8) is 0 Å². The van der Waals surface area contributed by atoms with Gasteiger partial charge in [-0.25, -0.2) is 0 Å². The largest absolute Gasteiger partial charge is 0.497 e. The van der Waals surface area contributed by atoms with Crippen molar-refractivity contribution in [1.29, 1.82) is 0 Å². The SMILES string of the molecule is COc1ccc(C2CCCCCN2C(=O)c2ccc(C)o2)cc1. The summed E-state index contributed by atoms with van der Waals surface area (Å²) in [6.07, 6.45) is 4.32. The highest BCUT2D eigenvalue weighted by Crippen LogP contribution is 2.32. The van der Waals surface area contributed by atoms with Crippen molar-refractivity contribution in [2.45, 2.75) is 38.6 Å². The number of ether oxygens (including phenoxy) is 1. The van der Waals surface area contributed by atoms with Crippen molar-refractivity contribution >= 4 is 5.91 Å². The summed E-state index contributed by atoms with van der Waals surface area (Å²) in [7, 11) is 1.66.